The molecular formula is C21H20N2O2S. The third-order valence-electron chi connectivity index (χ3n) is 4.95. The smallest absolute Gasteiger partial charge is 0.294 e. The Kier molecular flexibility index (Phi) is 4.55. The highest BCUT2D eigenvalue weighted by Gasteiger charge is 2.29. The van der Waals surface area contributed by atoms with Crippen LogP contribution in [0.3, 0.4) is 0 Å². The number of thiazole rings is 1. The number of aromatic nitrogens is 1. The van der Waals surface area contributed by atoms with E-state index in [4.69, 9.17) is 4.98 Å². The van der Waals surface area contributed by atoms with Gasteiger partial charge < -0.3 is 4.90 Å². The second kappa shape index (κ2) is 7.00. The number of carbonyl (C=O) groups excluding carboxylic acids is 2. The van der Waals surface area contributed by atoms with Crippen molar-refractivity contribution in [2.75, 3.05) is 13.1 Å². The van der Waals surface area contributed by atoms with Crippen LogP contribution in [0.25, 0.3) is 10.2 Å². The number of rotatable bonds is 3. The minimum Gasteiger partial charge on any atom is -0.336 e. The molecule has 1 amide bonds. The second-order valence-corrected chi connectivity index (χ2v) is 7.84. The van der Waals surface area contributed by atoms with Crippen molar-refractivity contribution in [3.8, 4) is 0 Å². The predicted molar refractivity (Wildman–Crippen MR) is 104 cm³/mol. The van der Waals surface area contributed by atoms with Gasteiger partial charge in [-0.25, -0.2) is 4.98 Å². The SMILES string of the molecule is Cc1ccc(C(=O)C(=O)N2CCC(c3nc4ccccc4s3)CC2)cc1. The molecule has 26 heavy (non-hydrogen) atoms. The number of hydrogen-bond donors (Lipinski definition) is 0. The van der Waals surface area contributed by atoms with Crippen LogP contribution in [0.4, 0.5) is 0 Å². The van der Waals surface area contributed by atoms with Gasteiger partial charge in [0.1, 0.15) is 0 Å². The molecule has 2 heterocycles. The number of benzene rings is 2. The van der Waals surface area contributed by atoms with E-state index in [2.05, 4.69) is 6.07 Å². The number of para-hydroxylation sites is 1. The number of carbonyl (C=O) groups is 2. The van der Waals surface area contributed by atoms with Crippen LogP contribution in [-0.2, 0) is 4.79 Å². The molecule has 0 radical (unpaired) electrons. The lowest BCUT2D eigenvalue weighted by Crippen LogP contribution is -2.41. The largest absolute Gasteiger partial charge is 0.336 e. The second-order valence-electron chi connectivity index (χ2n) is 6.78. The lowest BCUT2D eigenvalue weighted by Gasteiger charge is -2.30. The van der Waals surface area contributed by atoms with Gasteiger partial charge in [0.15, 0.2) is 0 Å². The Morgan fingerprint density at radius 3 is 2.42 bits per heavy atom. The number of aryl methyl sites for hydroxylation is 1. The fourth-order valence-corrected chi connectivity index (χ4v) is 4.50. The molecule has 0 bridgehead atoms. The molecule has 0 atom stereocenters. The maximum atomic E-state index is 12.5. The standard InChI is InChI=1S/C21H20N2O2S/c1-14-6-8-15(9-7-14)19(24)21(25)23-12-10-16(11-13-23)20-22-17-4-2-3-5-18(17)26-20/h2-9,16H,10-13H2,1H3. The monoisotopic (exact) mass is 364 g/mol. The minimum atomic E-state index is -0.413. The summed E-state index contributed by atoms with van der Waals surface area (Å²) >= 11 is 1.74. The van der Waals surface area contributed by atoms with Crippen LogP contribution in [0.1, 0.15) is 39.7 Å². The molecule has 2 aromatic carbocycles. The van der Waals surface area contributed by atoms with E-state index in [-0.39, 0.29) is 0 Å². The van der Waals surface area contributed by atoms with E-state index in [0.29, 0.717) is 24.6 Å². The highest BCUT2D eigenvalue weighted by atomic mass is 32.1. The molecule has 1 saturated heterocycles. The molecule has 4 nitrogen and oxygen atoms in total. The number of ketones is 1. The first-order valence-electron chi connectivity index (χ1n) is 8.87. The zero-order valence-corrected chi connectivity index (χ0v) is 15.5. The van der Waals surface area contributed by atoms with Crippen LogP contribution in [0.15, 0.2) is 48.5 Å². The van der Waals surface area contributed by atoms with Crippen molar-refractivity contribution >= 4 is 33.2 Å². The maximum absolute atomic E-state index is 12.5. The molecule has 132 valence electrons. The number of hydrogen-bond acceptors (Lipinski definition) is 4. The fraction of sp³-hybridized carbons (Fsp3) is 0.286. The van der Waals surface area contributed by atoms with Gasteiger partial charge in [0.2, 0.25) is 5.78 Å². The first-order valence-corrected chi connectivity index (χ1v) is 9.69. The van der Waals surface area contributed by atoms with E-state index in [1.54, 1.807) is 28.4 Å². The third kappa shape index (κ3) is 3.27. The van der Waals surface area contributed by atoms with Crippen LogP contribution >= 0.6 is 11.3 Å². The quantitative estimate of drug-likeness (QED) is 0.517. The molecule has 1 fully saturated rings. The number of fused-ring (bicyclic) bond motifs is 1. The summed E-state index contributed by atoms with van der Waals surface area (Å²) in [6.45, 7) is 3.18. The van der Waals surface area contributed by atoms with Crippen LogP contribution in [-0.4, -0.2) is 34.7 Å². The van der Waals surface area contributed by atoms with Crippen molar-refractivity contribution in [3.05, 3.63) is 64.7 Å². The maximum Gasteiger partial charge on any atom is 0.294 e. The summed E-state index contributed by atoms with van der Waals surface area (Å²) in [5.41, 5.74) is 2.58. The average Bonchev–Trinajstić information content (AvgIpc) is 3.12. The van der Waals surface area contributed by atoms with Crippen molar-refractivity contribution in [2.45, 2.75) is 25.7 Å². The molecule has 5 heteroatoms. The molecule has 0 saturated carbocycles. The van der Waals surface area contributed by atoms with Crippen LogP contribution < -0.4 is 0 Å². The Morgan fingerprint density at radius 2 is 1.73 bits per heavy atom. The summed E-state index contributed by atoms with van der Waals surface area (Å²) in [7, 11) is 0. The first-order chi connectivity index (χ1) is 12.6. The molecule has 0 N–H and O–H groups in total. The Bertz CT molecular complexity index is 921. The summed E-state index contributed by atoms with van der Waals surface area (Å²) in [4.78, 5) is 31.4. The normalized spacial score (nSPS) is 15.3. The molecule has 0 unspecified atom stereocenters. The summed E-state index contributed by atoms with van der Waals surface area (Å²) in [6.07, 6.45) is 1.71. The Hall–Kier alpha value is -2.53. The van der Waals surface area contributed by atoms with Crippen LogP contribution in [0.2, 0.25) is 0 Å². The summed E-state index contributed by atoms with van der Waals surface area (Å²) < 4.78 is 1.20. The molecule has 1 aliphatic heterocycles. The summed E-state index contributed by atoms with van der Waals surface area (Å²) in [5.74, 6) is -0.439. The van der Waals surface area contributed by atoms with E-state index in [0.717, 1.165) is 28.9 Å². The average molecular weight is 364 g/mol. The zero-order chi connectivity index (χ0) is 18.1. The van der Waals surface area contributed by atoms with Gasteiger partial charge in [-0.1, -0.05) is 42.0 Å². The number of Topliss-reactive ketones (excluding diaryl/α,β-unsaturated/α-hetero) is 1. The van der Waals surface area contributed by atoms with E-state index >= 15 is 0 Å². The molecule has 1 aliphatic rings. The minimum absolute atomic E-state index is 0.367. The Labute approximate surface area is 156 Å². The van der Waals surface area contributed by atoms with Crippen molar-refractivity contribution < 1.29 is 9.59 Å². The van der Waals surface area contributed by atoms with Crippen molar-refractivity contribution in [1.82, 2.24) is 9.88 Å². The Morgan fingerprint density at radius 1 is 1.04 bits per heavy atom. The topological polar surface area (TPSA) is 50.3 Å². The number of nitrogens with zero attached hydrogens (tertiary/aromatic N) is 2. The van der Waals surface area contributed by atoms with Gasteiger partial charge in [-0.15, -0.1) is 11.3 Å². The van der Waals surface area contributed by atoms with Crippen LogP contribution in [0, 0.1) is 6.92 Å². The molecule has 3 aromatic rings. The fourth-order valence-electron chi connectivity index (χ4n) is 3.37. The van der Waals surface area contributed by atoms with Gasteiger partial charge in [0.25, 0.3) is 5.91 Å². The highest BCUT2D eigenvalue weighted by molar-refractivity contribution is 7.18. The Balaban J connectivity index is 1.42. The summed E-state index contributed by atoms with van der Waals surface area (Å²) in [5, 5.41) is 1.14. The van der Waals surface area contributed by atoms with E-state index < -0.39 is 11.7 Å². The third-order valence-corrected chi connectivity index (χ3v) is 6.15. The van der Waals surface area contributed by atoms with Gasteiger partial charge >= 0.3 is 0 Å². The van der Waals surface area contributed by atoms with Crippen molar-refractivity contribution in [3.63, 3.8) is 0 Å². The molecule has 4 rings (SSSR count). The van der Waals surface area contributed by atoms with E-state index in [1.165, 1.54) is 4.70 Å². The van der Waals surface area contributed by atoms with Crippen molar-refractivity contribution in [2.24, 2.45) is 0 Å². The molecule has 0 aliphatic carbocycles. The number of amides is 1. The summed E-state index contributed by atoms with van der Waals surface area (Å²) in [6, 6.07) is 15.3. The first kappa shape index (κ1) is 16.9. The van der Waals surface area contributed by atoms with Gasteiger partial charge in [-0.3, -0.25) is 9.59 Å². The number of likely N-dealkylation sites (tertiary alicyclic amines) is 1. The predicted octanol–water partition coefficient (Wildman–Crippen LogP) is 4.19. The van der Waals surface area contributed by atoms with Gasteiger partial charge in [0.05, 0.1) is 15.2 Å². The lowest BCUT2D eigenvalue weighted by atomic mass is 9.97. The van der Waals surface area contributed by atoms with Crippen LogP contribution in [0.5, 0.6) is 0 Å². The van der Waals surface area contributed by atoms with Gasteiger partial charge in [-0.05, 0) is 31.9 Å². The van der Waals surface area contributed by atoms with Gasteiger partial charge in [-0.2, -0.15) is 0 Å². The van der Waals surface area contributed by atoms with E-state index in [9.17, 15) is 9.59 Å². The van der Waals surface area contributed by atoms with E-state index in [1.807, 2.05) is 37.3 Å². The zero-order valence-electron chi connectivity index (χ0n) is 14.6. The molecular weight excluding hydrogens is 344 g/mol. The molecule has 0 spiro atoms. The van der Waals surface area contributed by atoms with Crippen molar-refractivity contribution in [1.29, 1.82) is 0 Å². The highest BCUT2D eigenvalue weighted by Crippen LogP contribution is 2.33. The number of piperidine rings is 1. The van der Waals surface area contributed by atoms with Gasteiger partial charge in [0, 0.05) is 24.6 Å². The molecule has 1 aromatic heterocycles. The lowest BCUT2D eigenvalue weighted by molar-refractivity contribution is -0.127.